The minimum absolute atomic E-state index is 0.0369. The van der Waals surface area contributed by atoms with Crippen molar-refractivity contribution in [3.8, 4) is 0 Å². The first-order valence-corrected chi connectivity index (χ1v) is 8.01. The van der Waals surface area contributed by atoms with Gasteiger partial charge in [0.15, 0.2) is 12.3 Å². The third-order valence-electron chi connectivity index (χ3n) is 3.78. The lowest BCUT2D eigenvalue weighted by atomic mass is 10.2. The number of hydrogen-bond donors (Lipinski definition) is 1. The average Bonchev–Trinajstić information content (AvgIpc) is 3.04. The van der Waals surface area contributed by atoms with Gasteiger partial charge in [0.05, 0.1) is 4.92 Å². The molecule has 27 heavy (non-hydrogen) atoms. The molecule has 1 amide bonds. The van der Waals surface area contributed by atoms with Gasteiger partial charge < -0.3 is 14.5 Å². The van der Waals surface area contributed by atoms with Crippen molar-refractivity contribution in [3.63, 3.8) is 0 Å². The zero-order valence-electron chi connectivity index (χ0n) is 14.6. The number of aromatic nitrogens is 2. The summed E-state index contributed by atoms with van der Waals surface area (Å²) in [7, 11) is 0. The Bertz CT molecular complexity index is 1060. The maximum atomic E-state index is 12.1. The highest BCUT2D eigenvalue weighted by atomic mass is 16.6. The first-order chi connectivity index (χ1) is 12.8. The molecule has 0 aliphatic heterocycles. The molecule has 0 aliphatic carbocycles. The van der Waals surface area contributed by atoms with Crippen LogP contribution >= 0.6 is 0 Å². The summed E-state index contributed by atoms with van der Waals surface area (Å²) in [6.07, 6.45) is 3.26. The Hall–Kier alpha value is -3.75. The molecule has 0 spiro atoms. The minimum Gasteiger partial charge on any atom is -0.451 e. The van der Waals surface area contributed by atoms with Crippen LogP contribution in [0.2, 0.25) is 0 Å². The van der Waals surface area contributed by atoms with Crippen LogP contribution in [0, 0.1) is 24.0 Å². The number of esters is 1. The number of nitro groups is 1. The van der Waals surface area contributed by atoms with E-state index in [-0.39, 0.29) is 17.1 Å². The van der Waals surface area contributed by atoms with Gasteiger partial charge in [-0.2, -0.15) is 0 Å². The van der Waals surface area contributed by atoms with Crippen molar-refractivity contribution in [2.45, 2.75) is 13.8 Å². The fourth-order valence-electron chi connectivity index (χ4n) is 2.47. The Morgan fingerprint density at radius 3 is 2.70 bits per heavy atom. The van der Waals surface area contributed by atoms with E-state index in [2.05, 4.69) is 10.3 Å². The predicted molar refractivity (Wildman–Crippen MR) is 96.7 cm³/mol. The smallest absolute Gasteiger partial charge is 0.359 e. The number of amides is 1. The van der Waals surface area contributed by atoms with Crippen LogP contribution in [0.3, 0.4) is 0 Å². The quantitative estimate of drug-likeness (QED) is 0.420. The van der Waals surface area contributed by atoms with E-state index >= 15 is 0 Å². The Balaban J connectivity index is 1.65. The predicted octanol–water partition coefficient (Wildman–Crippen LogP) is 2.65. The van der Waals surface area contributed by atoms with Crippen LogP contribution in [-0.4, -0.2) is 32.8 Å². The molecule has 0 radical (unpaired) electrons. The second kappa shape index (κ2) is 7.24. The summed E-state index contributed by atoms with van der Waals surface area (Å²) < 4.78 is 6.62. The Kier molecular flexibility index (Phi) is 4.84. The van der Waals surface area contributed by atoms with Gasteiger partial charge >= 0.3 is 5.97 Å². The highest BCUT2D eigenvalue weighted by Gasteiger charge is 2.18. The Morgan fingerprint density at radius 1 is 1.22 bits per heavy atom. The topological polar surface area (TPSA) is 116 Å². The molecule has 0 unspecified atom stereocenters. The summed E-state index contributed by atoms with van der Waals surface area (Å²) in [5.74, 6) is -1.44. The number of aryl methyl sites for hydroxylation is 2. The number of nitrogens with zero attached hydrogens (tertiary/aromatic N) is 3. The summed E-state index contributed by atoms with van der Waals surface area (Å²) >= 11 is 0. The van der Waals surface area contributed by atoms with Gasteiger partial charge in [-0.3, -0.25) is 14.9 Å². The van der Waals surface area contributed by atoms with Crippen LogP contribution in [0.5, 0.6) is 0 Å². The number of nitrogens with one attached hydrogen (secondary N) is 1. The zero-order chi connectivity index (χ0) is 19.6. The molecule has 9 nitrogen and oxygen atoms in total. The fraction of sp³-hybridized carbons (Fsp3) is 0.167. The standard InChI is InChI=1S/C18H16N4O5/c1-11-3-4-13(15(7-11)22(25)26)20-17(23)10-27-18(24)14-9-21-6-5-12(2)8-16(21)19-14/h3-9H,10H2,1-2H3,(H,20,23). The summed E-state index contributed by atoms with van der Waals surface area (Å²) in [5.41, 5.74) is 2.14. The van der Waals surface area contributed by atoms with Crippen molar-refractivity contribution in [2.24, 2.45) is 0 Å². The summed E-state index contributed by atoms with van der Waals surface area (Å²) in [6, 6.07) is 8.08. The van der Waals surface area contributed by atoms with Crippen LogP contribution < -0.4 is 5.32 Å². The highest BCUT2D eigenvalue weighted by molar-refractivity contribution is 5.96. The van der Waals surface area contributed by atoms with Gasteiger partial charge in [0.25, 0.3) is 11.6 Å². The summed E-state index contributed by atoms with van der Waals surface area (Å²) in [5, 5.41) is 13.5. The number of imidazole rings is 1. The maximum absolute atomic E-state index is 12.1. The molecule has 3 rings (SSSR count). The van der Waals surface area contributed by atoms with E-state index in [0.29, 0.717) is 11.2 Å². The number of carbonyl (C=O) groups is 2. The first kappa shape index (κ1) is 18.1. The number of benzene rings is 1. The number of nitro benzene ring substituents is 1. The fourth-order valence-corrected chi connectivity index (χ4v) is 2.47. The van der Waals surface area contributed by atoms with E-state index in [0.717, 1.165) is 5.56 Å². The van der Waals surface area contributed by atoms with Gasteiger partial charge in [-0.15, -0.1) is 0 Å². The molecule has 0 saturated heterocycles. The largest absolute Gasteiger partial charge is 0.451 e. The normalized spacial score (nSPS) is 10.6. The number of carbonyl (C=O) groups excluding carboxylic acids is 2. The molecule has 2 aromatic heterocycles. The molecule has 0 bridgehead atoms. The van der Waals surface area contributed by atoms with E-state index in [9.17, 15) is 19.7 Å². The number of rotatable bonds is 5. The van der Waals surface area contributed by atoms with Crippen LogP contribution in [0.4, 0.5) is 11.4 Å². The number of ether oxygens (including phenoxy) is 1. The van der Waals surface area contributed by atoms with Gasteiger partial charge in [0.1, 0.15) is 11.3 Å². The van der Waals surface area contributed by atoms with Crippen molar-refractivity contribution in [1.82, 2.24) is 9.38 Å². The zero-order valence-corrected chi connectivity index (χ0v) is 14.6. The summed E-state index contributed by atoms with van der Waals surface area (Å²) in [6.45, 7) is 3.02. The lowest BCUT2D eigenvalue weighted by Crippen LogP contribution is -2.21. The maximum Gasteiger partial charge on any atom is 0.359 e. The lowest BCUT2D eigenvalue weighted by Gasteiger charge is -2.07. The monoisotopic (exact) mass is 368 g/mol. The second-order valence-corrected chi connectivity index (χ2v) is 6.00. The van der Waals surface area contributed by atoms with Crippen molar-refractivity contribution in [3.05, 3.63) is 69.7 Å². The third kappa shape index (κ3) is 4.09. The van der Waals surface area contributed by atoms with Gasteiger partial charge in [-0.05, 0) is 43.2 Å². The van der Waals surface area contributed by atoms with Crippen molar-refractivity contribution >= 4 is 28.9 Å². The van der Waals surface area contributed by atoms with Crippen LogP contribution in [0.1, 0.15) is 21.6 Å². The molecule has 0 aliphatic rings. The molecule has 2 heterocycles. The average molecular weight is 368 g/mol. The molecule has 9 heteroatoms. The van der Waals surface area contributed by atoms with Gasteiger partial charge in [0, 0.05) is 18.5 Å². The highest BCUT2D eigenvalue weighted by Crippen LogP contribution is 2.25. The van der Waals surface area contributed by atoms with Crippen molar-refractivity contribution < 1.29 is 19.2 Å². The number of anilines is 1. The third-order valence-corrected chi connectivity index (χ3v) is 3.78. The van der Waals surface area contributed by atoms with E-state index in [1.807, 2.05) is 13.0 Å². The van der Waals surface area contributed by atoms with Gasteiger partial charge in [0.2, 0.25) is 0 Å². The SMILES string of the molecule is Cc1ccc(NC(=O)COC(=O)c2cn3ccc(C)cc3n2)c([N+](=O)[O-])c1. The molecule has 1 aromatic carbocycles. The second-order valence-electron chi connectivity index (χ2n) is 6.00. The van der Waals surface area contributed by atoms with E-state index in [1.54, 1.807) is 29.7 Å². The van der Waals surface area contributed by atoms with Gasteiger partial charge in [-0.1, -0.05) is 6.07 Å². The van der Waals surface area contributed by atoms with Crippen LogP contribution in [-0.2, 0) is 9.53 Å². The number of pyridine rings is 1. The number of fused-ring (bicyclic) bond motifs is 1. The molecule has 138 valence electrons. The van der Waals surface area contributed by atoms with Crippen LogP contribution in [0.15, 0.2) is 42.7 Å². The molecular weight excluding hydrogens is 352 g/mol. The van der Waals surface area contributed by atoms with E-state index in [4.69, 9.17) is 4.74 Å². The van der Waals surface area contributed by atoms with Gasteiger partial charge in [-0.25, -0.2) is 9.78 Å². The summed E-state index contributed by atoms with van der Waals surface area (Å²) in [4.78, 5) is 38.7. The minimum atomic E-state index is -0.759. The molecule has 3 aromatic rings. The molecule has 0 saturated carbocycles. The molecular formula is C18H16N4O5. The molecule has 0 atom stereocenters. The van der Waals surface area contributed by atoms with Crippen LogP contribution in [0.25, 0.3) is 5.65 Å². The van der Waals surface area contributed by atoms with Crippen molar-refractivity contribution in [1.29, 1.82) is 0 Å². The van der Waals surface area contributed by atoms with E-state index in [1.165, 1.54) is 18.3 Å². The lowest BCUT2D eigenvalue weighted by molar-refractivity contribution is -0.384. The number of hydrogen-bond acceptors (Lipinski definition) is 6. The molecule has 1 N–H and O–H groups in total. The van der Waals surface area contributed by atoms with Crippen molar-refractivity contribution in [2.75, 3.05) is 11.9 Å². The van der Waals surface area contributed by atoms with E-state index < -0.39 is 23.4 Å². The Morgan fingerprint density at radius 2 is 1.96 bits per heavy atom. The first-order valence-electron chi connectivity index (χ1n) is 8.01. The molecule has 0 fully saturated rings. The Labute approximate surface area is 153 Å².